The standard InChI is InChI=1S/C19H17ClN2OS/c1-2-14-8-9-16(20)12-18(14)19-15(13-21)10-11-22(19)24(23)17-6-4-3-5-7-17/h3-13,21H,2H2,1H3. The van der Waals surface area contributed by atoms with E-state index in [-0.39, 0.29) is 0 Å². The summed E-state index contributed by atoms with van der Waals surface area (Å²) in [6.45, 7) is 2.07. The molecule has 3 nitrogen and oxygen atoms in total. The summed E-state index contributed by atoms with van der Waals surface area (Å²) < 4.78 is 14.7. The van der Waals surface area contributed by atoms with Crippen LogP contribution < -0.4 is 0 Å². The van der Waals surface area contributed by atoms with Crippen LogP contribution in [0.3, 0.4) is 0 Å². The molecule has 1 atom stereocenters. The Morgan fingerprint density at radius 2 is 1.92 bits per heavy atom. The van der Waals surface area contributed by atoms with E-state index in [4.69, 9.17) is 17.0 Å². The summed E-state index contributed by atoms with van der Waals surface area (Å²) in [6.07, 6.45) is 3.88. The first-order chi connectivity index (χ1) is 11.7. The van der Waals surface area contributed by atoms with Gasteiger partial charge in [-0.2, -0.15) is 0 Å². The number of nitrogens with zero attached hydrogens (tertiary/aromatic N) is 1. The minimum absolute atomic E-state index is 0.622. The maximum absolute atomic E-state index is 13.0. The van der Waals surface area contributed by atoms with Crippen LogP contribution in [0.1, 0.15) is 18.1 Å². The predicted octanol–water partition coefficient (Wildman–Crippen LogP) is 4.94. The third-order valence-corrected chi connectivity index (χ3v) is 5.44. The molecule has 0 radical (unpaired) electrons. The van der Waals surface area contributed by atoms with Crippen molar-refractivity contribution in [1.82, 2.24) is 3.97 Å². The number of aryl methyl sites for hydroxylation is 1. The van der Waals surface area contributed by atoms with Crippen LogP contribution in [-0.2, 0) is 17.4 Å². The van der Waals surface area contributed by atoms with Crippen molar-refractivity contribution in [1.29, 1.82) is 5.41 Å². The van der Waals surface area contributed by atoms with Crippen LogP contribution in [0.15, 0.2) is 65.7 Å². The van der Waals surface area contributed by atoms with E-state index in [1.54, 1.807) is 10.2 Å². The fourth-order valence-electron chi connectivity index (χ4n) is 2.69. The molecule has 1 unspecified atom stereocenters. The van der Waals surface area contributed by atoms with Gasteiger partial charge in [-0.3, -0.25) is 3.97 Å². The summed E-state index contributed by atoms with van der Waals surface area (Å²) in [5.74, 6) is 0. The highest BCUT2D eigenvalue weighted by Gasteiger charge is 2.18. The molecular formula is C19H17ClN2OS. The number of hydrogen-bond acceptors (Lipinski definition) is 2. The van der Waals surface area contributed by atoms with Gasteiger partial charge >= 0.3 is 0 Å². The van der Waals surface area contributed by atoms with E-state index in [9.17, 15) is 4.21 Å². The van der Waals surface area contributed by atoms with Gasteiger partial charge in [-0.15, -0.1) is 0 Å². The molecule has 0 saturated heterocycles. The lowest BCUT2D eigenvalue weighted by Gasteiger charge is -2.14. The van der Waals surface area contributed by atoms with Crippen LogP contribution in [0.2, 0.25) is 5.02 Å². The van der Waals surface area contributed by atoms with Crippen LogP contribution in [0.4, 0.5) is 0 Å². The molecule has 2 aromatic carbocycles. The Balaban J connectivity index is 2.22. The molecule has 0 aliphatic heterocycles. The van der Waals surface area contributed by atoms with Gasteiger partial charge in [0.2, 0.25) is 0 Å². The van der Waals surface area contributed by atoms with E-state index >= 15 is 0 Å². The van der Waals surface area contributed by atoms with Gasteiger partial charge in [0.25, 0.3) is 0 Å². The quantitative estimate of drug-likeness (QED) is 0.646. The van der Waals surface area contributed by atoms with Gasteiger partial charge in [0.1, 0.15) is 0 Å². The molecule has 0 bridgehead atoms. The summed E-state index contributed by atoms with van der Waals surface area (Å²) in [6, 6.07) is 16.8. The minimum atomic E-state index is -1.39. The van der Waals surface area contributed by atoms with Crippen molar-refractivity contribution in [3.05, 3.63) is 76.9 Å². The van der Waals surface area contributed by atoms with Crippen molar-refractivity contribution in [2.24, 2.45) is 0 Å². The molecule has 122 valence electrons. The normalized spacial score (nSPS) is 12.1. The van der Waals surface area contributed by atoms with E-state index in [0.29, 0.717) is 9.92 Å². The van der Waals surface area contributed by atoms with Gasteiger partial charge < -0.3 is 5.41 Å². The lowest BCUT2D eigenvalue weighted by Crippen LogP contribution is -2.07. The Morgan fingerprint density at radius 3 is 2.58 bits per heavy atom. The summed E-state index contributed by atoms with van der Waals surface area (Å²) in [5.41, 5.74) is 3.49. The Kier molecular flexibility index (Phi) is 4.97. The fourth-order valence-corrected chi connectivity index (χ4v) is 4.02. The number of aromatic nitrogens is 1. The predicted molar refractivity (Wildman–Crippen MR) is 100 cm³/mol. The molecule has 24 heavy (non-hydrogen) atoms. The largest absolute Gasteiger partial charge is 0.308 e. The second-order valence-corrected chi connectivity index (χ2v) is 7.11. The zero-order valence-electron chi connectivity index (χ0n) is 13.2. The van der Waals surface area contributed by atoms with Gasteiger partial charge in [0.15, 0.2) is 11.0 Å². The highest BCUT2D eigenvalue weighted by atomic mass is 35.5. The third kappa shape index (κ3) is 3.07. The first-order valence-electron chi connectivity index (χ1n) is 7.63. The van der Waals surface area contributed by atoms with Crippen molar-refractivity contribution >= 4 is 28.8 Å². The molecule has 0 aliphatic carbocycles. The van der Waals surface area contributed by atoms with Crippen LogP contribution in [0.5, 0.6) is 0 Å². The molecule has 0 spiro atoms. The Labute approximate surface area is 149 Å². The van der Waals surface area contributed by atoms with Crippen LogP contribution in [-0.4, -0.2) is 14.4 Å². The highest BCUT2D eigenvalue weighted by molar-refractivity contribution is 7.83. The number of hydrogen-bond donors (Lipinski definition) is 1. The Hall–Kier alpha value is -2.17. The zero-order valence-corrected chi connectivity index (χ0v) is 14.8. The smallest absolute Gasteiger partial charge is 0.157 e. The van der Waals surface area contributed by atoms with Gasteiger partial charge in [-0.05, 0) is 42.3 Å². The molecule has 1 heterocycles. The molecule has 5 heteroatoms. The van der Waals surface area contributed by atoms with E-state index in [0.717, 1.165) is 28.8 Å². The van der Waals surface area contributed by atoms with Crippen molar-refractivity contribution < 1.29 is 4.21 Å². The molecule has 1 aromatic heterocycles. The lowest BCUT2D eigenvalue weighted by molar-refractivity contribution is 0.678. The Bertz CT molecular complexity index is 903. The average molecular weight is 357 g/mol. The molecule has 3 rings (SSSR count). The molecule has 3 aromatic rings. The molecule has 0 amide bonds. The van der Waals surface area contributed by atoms with Crippen molar-refractivity contribution in [2.45, 2.75) is 18.2 Å². The molecule has 1 N–H and O–H groups in total. The lowest BCUT2D eigenvalue weighted by atomic mass is 10.0. The van der Waals surface area contributed by atoms with E-state index in [1.165, 1.54) is 6.21 Å². The van der Waals surface area contributed by atoms with E-state index in [2.05, 4.69) is 6.92 Å². The van der Waals surface area contributed by atoms with Crippen LogP contribution in [0, 0.1) is 5.41 Å². The molecular weight excluding hydrogens is 340 g/mol. The third-order valence-electron chi connectivity index (χ3n) is 3.87. The molecule has 0 saturated carbocycles. The van der Waals surface area contributed by atoms with Crippen LogP contribution >= 0.6 is 11.6 Å². The summed E-state index contributed by atoms with van der Waals surface area (Å²) in [5, 5.41) is 8.33. The van der Waals surface area contributed by atoms with E-state index < -0.39 is 11.0 Å². The highest BCUT2D eigenvalue weighted by Crippen LogP contribution is 2.32. The SMILES string of the molecule is CCc1ccc(Cl)cc1-c1c(C=N)ccn1S(=O)c1ccccc1. The number of halogens is 1. The number of rotatable bonds is 5. The summed E-state index contributed by atoms with van der Waals surface area (Å²) in [4.78, 5) is 0.714. The first kappa shape index (κ1) is 16.7. The average Bonchev–Trinajstić information content (AvgIpc) is 3.05. The number of nitrogens with one attached hydrogen (secondary N) is 1. The van der Waals surface area contributed by atoms with Gasteiger partial charge in [-0.25, -0.2) is 4.21 Å². The van der Waals surface area contributed by atoms with Crippen LogP contribution in [0.25, 0.3) is 11.3 Å². The topological polar surface area (TPSA) is 45.9 Å². The second kappa shape index (κ2) is 7.16. The van der Waals surface area contributed by atoms with Crippen molar-refractivity contribution in [3.63, 3.8) is 0 Å². The number of benzene rings is 2. The molecule has 0 aliphatic rings. The fraction of sp³-hybridized carbons (Fsp3) is 0.105. The van der Waals surface area contributed by atoms with Gasteiger partial charge in [0, 0.05) is 28.6 Å². The Morgan fingerprint density at radius 1 is 1.17 bits per heavy atom. The monoisotopic (exact) mass is 356 g/mol. The summed E-state index contributed by atoms with van der Waals surface area (Å²) >= 11 is 6.19. The first-order valence-corrected chi connectivity index (χ1v) is 9.12. The maximum atomic E-state index is 13.0. The minimum Gasteiger partial charge on any atom is -0.308 e. The van der Waals surface area contributed by atoms with Crippen molar-refractivity contribution in [3.8, 4) is 11.3 Å². The van der Waals surface area contributed by atoms with Gasteiger partial charge in [0.05, 0.1) is 10.6 Å². The zero-order chi connectivity index (χ0) is 17.1. The van der Waals surface area contributed by atoms with E-state index in [1.807, 2.05) is 54.6 Å². The van der Waals surface area contributed by atoms with Crippen molar-refractivity contribution in [2.75, 3.05) is 0 Å². The van der Waals surface area contributed by atoms with Gasteiger partial charge in [-0.1, -0.05) is 42.8 Å². The second-order valence-electron chi connectivity index (χ2n) is 5.31. The summed E-state index contributed by atoms with van der Waals surface area (Å²) in [7, 11) is -1.39. The maximum Gasteiger partial charge on any atom is 0.157 e. The molecule has 0 fully saturated rings.